The van der Waals surface area contributed by atoms with Gasteiger partial charge in [-0.25, -0.2) is 0 Å². The molecule has 6 heteroatoms. The number of nitrogen functional groups attached to an aromatic ring is 1. The van der Waals surface area contributed by atoms with Crippen LogP contribution >= 0.6 is 11.3 Å². The van der Waals surface area contributed by atoms with Gasteiger partial charge in [-0.1, -0.05) is 0 Å². The van der Waals surface area contributed by atoms with Gasteiger partial charge in [0.2, 0.25) is 0 Å². The summed E-state index contributed by atoms with van der Waals surface area (Å²) in [5.41, 5.74) is 6.87. The molecule has 0 aromatic carbocycles. The Morgan fingerprint density at radius 3 is 3.16 bits per heavy atom. The lowest BCUT2D eigenvalue weighted by molar-refractivity contribution is 0.0895. The topological polar surface area (TPSA) is 77.2 Å². The maximum Gasteiger partial charge on any atom is 0.264 e. The SMILES string of the molecule is CC1(NC(=O)c2sc3cccnc3c2N)CCOC1. The first-order chi connectivity index (χ1) is 9.09. The standard InChI is InChI=1S/C13H15N3O2S/c1-13(4-6-18-7-13)16-12(17)11-9(14)10-8(19-11)3-2-5-15-10/h2-3,5H,4,6-7,14H2,1H3,(H,16,17). The van der Waals surface area contributed by atoms with Crippen molar-refractivity contribution in [2.45, 2.75) is 18.9 Å². The number of anilines is 1. The molecule has 1 atom stereocenters. The predicted molar refractivity (Wildman–Crippen MR) is 75.3 cm³/mol. The number of amides is 1. The Morgan fingerprint density at radius 1 is 1.63 bits per heavy atom. The summed E-state index contributed by atoms with van der Waals surface area (Å²) in [6, 6.07) is 3.76. The number of aromatic nitrogens is 1. The van der Waals surface area contributed by atoms with Crippen LogP contribution < -0.4 is 11.1 Å². The summed E-state index contributed by atoms with van der Waals surface area (Å²) in [4.78, 5) is 17.1. The van der Waals surface area contributed by atoms with Crippen LogP contribution in [0.4, 0.5) is 5.69 Å². The highest BCUT2D eigenvalue weighted by molar-refractivity contribution is 7.21. The molecule has 0 radical (unpaired) electrons. The van der Waals surface area contributed by atoms with E-state index in [4.69, 9.17) is 10.5 Å². The zero-order valence-electron chi connectivity index (χ0n) is 10.6. The van der Waals surface area contributed by atoms with Crippen LogP contribution in [0.2, 0.25) is 0 Å². The number of carbonyl (C=O) groups is 1. The van der Waals surface area contributed by atoms with E-state index >= 15 is 0 Å². The van der Waals surface area contributed by atoms with Crippen LogP contribution in [-0.2, 0) is 4.74 Å². The molecule has 3 heterocycles. The second-order valence-electron chi connectivity index (χ2n) is 5.01. The van der Waals surface area contributed by atoms with Crippen molar-refractivity contribution >= 4 is 33.1 Å². The molecule has 19 heavy (non-hydrogen) atoms. The van der Waals surface area contributed by atoms with Crippen molar-refractivity contribution in [1.29, 1.82) is 0 Å². The van der Waals surface area contributed by atoms with Crippen LogP contribution in [0, 0.1) is 0 Å². The second kappa shape index (κ2) is 4.47. The molecule has 0 bridgehead atoms. The number of carbonyl (C=O) groups excluding carboxylic acids is 1. The van der Waals surface area contributed by atoms with Crippen LogP contribution in [0.1, 0.15) is 23.0 Å². The first-order valence-electron chi connectivity index (χ1n) is 6.12. The van der Waals surface area contributed by atoms with Crippen molar-refractivity contribution in [3.8, 4) is 0 Å². The molecule has 5 nitrogen and oxygen atoms in total. The zero-order valence-corrected chi connectivity index (χ0v) is 11.4. The lowest BCUT2D eigenvalue weighted by Gasteiger charge is -2.23. The van der Waals surface area contributed by atoms with Gasteiger partial charge in [-0.2, -0.15) is 0 Å². The Balaban J connectivity index is 1.91. The summed E-state index contributed by atoms with van der Waals surface area (Å²) >= 11 is 1.37. The fourth-order valence-corrected chi connectivity index (χ4v) is 3.19. The molecule has 100 valence electrons. The van der Waals surface area contributed by atoms with E-state index in [1.54, 1.807) is 6.20 Å². The third-order valence-electron chi connectivity index (χ3n) is 3.32. The molecule has 3 N–H and O–H groups in total. The van der Waals surface area contributed by atoms with Gasteiger partial charge in [0.15, 0.2) is 0 Å². The van der Waals surface area contributed by atoms with E-state index < -0.39 is 0 Å². The summed E-state index contributed by atoms with van der Waals surface area (Å²) in [6.45, 7) is 3.21. The third kappa shape index (κ3) is 2.17. The Hall–Kier alpha value is -1.66. The van der Waals surface area contributed by atoms with Gasteiger partial charge in [0.25, 0.3) is 5.91 Å². The molecular weight excluding hydrogens is 262 g/mol. The second-order valence-corrected chi connectivity index (χ2v) is 6.06. The minimum Gasteiger partial charge on any atom is -0.396 e. The lowest BCUT2D eigenvalue weighted by Crippen LogP contribution is -2.46. The van der Waals surface area contributed by atoms with E-state index in [9.17, 15) is 4.79 Å². The number of nitrogens with one attached hydrogen (secondary N) is 1. The minimum absolute atomic E-state index is 0.145. The van der Waals surface area contributed by atoms with Crippen molar-refractivity contribution in [2.24, 2.45) is 0 Å². The van der Waals surface area contributed by atoms with Gasteiger partial charge < -0.3 is 15.8 Å². The zero-order chi connectivity index (χ0) is 13.5. The van der Waals surface area contributed by atoms with Crippen LogP contribution in [-0.4, -0.2) is 29.6 Å². The quantitative estimate of drug-likeness (QED) is 0.877. The highest BCUT2D eigenvalue weighted by Gasteiger charge is 2.32. The van der Waals surface area contributed by atoms with E-state index in [0.717, 1.165) is 11.1 Å². The maximum absolute atomic E-state index is 12.3. The Bertz CT molecular complexity index is 632. The summed E-state index contributed by atoms with van der Waals surface area (Å²) in [6.07, 6.45) is 2.50. The Morgan fingerprint density at radius 2 is 2.47 bits per heavy atom. The van der Waals surface area contributed by atoms with Crippen molar-refractivity contribution < 1.29 is 9.53 Å². The van der Waals surface area contributed by atoms with E-state index in [1.807, 2.05) is 19.1 Å². The third-order valence-corrected chi connectivity index (χ3v) is 4.48. The summed E-state index contributed by atoms with van der Waals surface area (Å²) in [5, 5.41) is 3.01. The molecule has 1 unspecified atom stereocenters. The molecule has 1 fully saturated rings. The average molecular weight is 277 g/mol. The normalized spacial score (nSPS) is 22.8. The number of hydrogen-bond donors (Lipinski definition) is 2. The molecule has 1 aliphatic rings. The molecule has 1 aliphatic heterocycles. The fourth-order valence-electron chi connectivity index (χ4n) is 2.21. The number of fused-ring (bicyclic) bond motifs is 1. The van der Waals surface area contributed by atoms with Gasteiger partial charge in [-0.05, 0) is 25.5 Å². The highest BCUT2D eigenvalue weighted by Crippen LogP contribution is 2.32. The first-order valence-corrected chi connectivity index (χ1v) is 6.94. The monoisotopic (exact) mass is 277 g/mol. The summed E-state index contributed by atoms with van der Waals surface area (Å²) in [7, 11) is 0. The number of ether oxygens (including phenoxy) is 1. The maximum atomic E-state index is 12.3. The number of rotatable bonds is 2. The van der Waals surface area contributed by atoms with Gasteiger partial charge in [0.05, 0.1) is 22.5 Å². The van der Waals surface area contributed by atoms with Gasteiger partial charge in [-0.3, -0.25) is 9.78 Å². The van der Waals surface area contributed by atoms with Crippen LogP contribution in [0.15, 0.2) is 18.3 Å². The molecule has 2 aromatic rings. The number of pyridine rings is 1. The first kappa shape index (κ1) is 12.4. The van der Waals surface area contributed by atoms with Crippen molar-refractivity contribution in [2.75, 3.05) is 18.9 Å². The number of hydrogen-bond acceptors (Lipinski definition) is 5. The molecule has 0 spiro atoms. The van der Waals surface area contributed by atoms with E-state index in [1.165, 1.54) is 11.3 Å². The van der Waals surface area contributed by atoms with Crippen LogP contribution in [0.3, 0.4) is 0 Å². The number of nitrogens with zero attached hydrogens (tertiary/aromatic N) is 1. The predicted octanol–water partition coefficient (Wildman–Crippen LogP) is 1.79. The number of nitrogens with two attached hydrogens (primary N) is 1. The van der Waals surface area contributed by atoms with E-state index in [2.05, 4.69) is 10.3 Å². The Kier molecular flexibility index (Phi) is 2.91. The summed E-state index contributed by atoms with van der Waals surface area (Å²) < 4.78 is 6.26. The molecule has 1 amide bonds. The van der Waals surface area contributed by atoms with Gasteiger partial charge in [0.1, 0.15) is 10.4 Å². The van der Waals surface area contributed by atoms with Gasteiger partial charge in [0, 0.05) is 12.8 Å². The Labute approximate surface area is 114 Å². The highest BCUT2D eigenvalue weighted by atomic mass is 32.1. The molecule has 0 aliphatic carbocycles. The number of thiophene rings is 1. The van der Waals surface area contributed by atoms with Crippen LogP contribution in [0.5, 0.6) is 0 Å². The van der Waals surface area contributed by atoms with Crippen LogP contribution in [0.25, 0.3) is 10.2 Å². The van der Waals surface area contributed by atoms with Crippen molar-refractivity contribution in [1.82, 2.24) is 10.3 Å². The average Bonchev–Trinajstić information content (AvgIpc) is 2.95. The van der Waals surface area contributed by atoms with Crippen molar-refractivity contribution in [3.05, 3.63) is 23.2 Å². The smallest absolute Gasteiger partial charge is 0.264 e. The van der Waals surface area contributed by atoms with Gasteiger partial charge >= 0.3 is 0 Å². The molecule has 0 saturated carbocycles. The molecule has 2 aromatic heterocycles. The molecule has 1 saturated heterocycles. The lowest BCUT2D eigenvalue weighted by atomic mass is 10.0. The largest absolute Gasteiger partial charge is 0.396 e. The van der Waals surface area contributed by atoms with Gasteiger partial charge in [-0.15, -0.1) is 11.3 Å². The molecule has 3 rings (SSSR count). The van der Waals surface area contributed by atoms with E-state index in [-0.39, 0.29) is 11.4 Å². The summed E-state index contributed by atoms with van der Waals surface area (Å²) in [5.74, 6) is -0.145. The molecular formula is C13H15N3O2S. The van der Waals surface area contributed by atoms with E-state index in [0.29, 0.717) is 29.3 Å². The minimum atomic E-state index is -0.298. The van der Waals surface area contributed by atoms with Crippen molar-refractivity contribution in [3.63, 3.8) is 0 Å². The fraction of sp³-hybridized carbons (Fsp3) is 0.385.